The van der Waals surface area contributed by atoms with Crippen molar-refractivity contribution in [3.63, 3.8) is 0 Å². The van der Waals surface area contributed by atoms with E-state index in [9.17, 15) is 15.0 Å². The number of ether oxygens (including phenoxy) is 8. The van der Waals surface area contributed by atoms with Gasteiger partial charge in [0.25, 0.3) is 0 Å². The Balaban J connectivity index is 0.978. The molecule has 11 aliphatic rings. The molecule has 3 N–H and O–H groups in total. The highest BCUT2D eigenvalue weighted by Crippen LogP contribution is 2.61. The van der Waals surface area contributed by atoms with E-state index in [-0.39, 0.29) is 128 Å². The van der Waals surface area contributed by atoms with Crippen molar-refractivity contribution in [2.45, 2.75) is 194 Å². The highest BCUT2D eigenvalue weighted by atomic mass is 16.7. The van der Waals surface area contributed by atoms with Crippen molar-refractivity contribution in [2.24, 2.45) is 23.7 Å². The van der Waals surface area contributed by atoms with Crippen LogP contribution in [0.3, 0.4) is 0 Å². The van der Waals surface area contributed by atoms with E-state index < -0.39 is 11.9 Å². The molecular weight excluding hydrogens is 706 g/mol. The molecular formula is C43H65NO11. The number of Topliss-reactive ketones (excluding diaryl/α,β-unsaturated/α-hetero) is 1. The molecule has 10 heterocycles. The maximum Gasteiger partial charge on any atom is 0.168 e. The molecule has 55 heavy (non-hydrogen) atoms. The minimum Gasteiger partial charge on any atom is -0.392 e. The lowest BCUT2D eigenvalue weighted by Gasteiger charge is -2.70. The lowest BCUT2D eigenvalue weighted by molar-refractivity contribution is -0.444. The van der Waals surface area contributed by atoms with E-state index in [1.165, 1.54) is 0 Å². The summed E-state index contributed by atoms with van der Waals surface area (Å²) in [6.07, 6.45) is 6.01. The third-order valence-corrected chi connectivity index (χ3v) is 15.0. The Hall–Kier alpha value is -1.29. The molecule has 1 aliphatic carbocycles. The average molecular weight is 772 g/mol. The number of aliphatic hydroxyl groups is 2. The van der Waals surface area contributed by atoms with Crippen LogP contribution in [0, 0.1) is 23.7 Å². The van der Waals surface area contributed by atoms with Crippen molar-refractivity contribution in [1.82, 2.24) is 5.32 Å². The van der Waals surface area contributed by atoms with Gasteiger partial charge in [-0.2, -0.15) is 0 Å². The zero-order valence-electron chi connectivity index (χ0n) is 33.1. The van der Waals surface area contributed by atoms with E-state index in [0.717, 1.165) is 62.5 Å². The highest BCUT2D eigenvalue weighted by Gasteiger charge is 2.72. The van der Waals surface area contributed by atoms with Gasteiger partial charge in [-0.15, -0.1) is 0 Å². The number of nitrogens with one attached hydrogen (secondary N) is 1. The van der Waals surface area contributed by atoms with Crippen molar-refractivity contribution in [3.05, 3.63) is 24.3 Å². The van der Waals surface area contributed by atoms with Crippen LogP contribution in [0.25, 0.3) is 0 Å². The fraction of sp³-hybridized carbons (Fsp3) is 0.884. The second kappa shape index (κ2) is 15.7. The Bertz CT molecular complexity index is 1440. The third kappa shape index (κ3) is 7.47. The van der Waals surface area contributed by atoms with Crippen molar-refractivity contribution >= 4 is 5.78 Å². The van der Waals surface area contributed by atoms with Gasteiger partial charge in [-0.25, -0.2) is 0 Å². The van der Waals surface area contributed by atoms with Gasteiger partial charge in [0.05, 0.1) is 85.5 Å². The van der Waals surface area contributed by atoms with Crippen LogP contribution in [-0.4, -0.2) is 134 Å². The lowest BCUT2D eigenvalue weighted by atomic mass is 9.56. The standard InChI is InChI=1S/C43H65NO11/c1-21-13-27-8-10-30-22(2)14-26(49-30)7-6-12-43(47)19-35-36-40-37(41(36)54-35)42(55-43)39-31(53-40)11-9-28(51-39)15-24(45)16-29-33(18-32(50-27)23(21)3)52-34(38(29)48-5)17-25(46)20-44-4/h21,25-42,44,46-47H,2-3,6-20H2,1,4-5H3/t21-,25+,26+,27+,28-,29+,30+,31+,32-,33+,34-,35-,36+,37?,38-,39+,40+,41?,42-,43+/m1/s1. The molecule has 0 aromatic carbocycles. The van der Waals surface area contributed by atoms with Gasteiger partial charge in [0.2, 0.25) is 0 Å². The maximum absolute atomic E-state index is 14.2. The van der Waals surface area contributed by atoms with Crippen LogP contribution in [0.1, 0.15) is 96.8 Å². The number of methoxy groups -OCH3 is 1. The topological polar surface area (TPSA) is 143 Å². The first-order valence-electron chi connectivity index (χ1n) is 21.6. The minimum atomic E-state index is -1.33. The second-order valence-electron chi connectivity index (χ2n) is 18.7. The summed E-state index contributed by atoms with van der Waals surface area (Å²) >= 11 is 0. The SMILES string of the molecule is C=C1C[C@@H]2CCC[C@@]3(O)C[C@H]4OC5C6[C@@H](O3)[C@H]3O[C@H](CC[C@@H]3O[C@H]6[C@@H]54)CC(=O)C[C@@H]3[C@@H](OC)[C@@H](C[C@H](O)CNC)O[C@H]3C[C@H]3O[C@@H](CC[C@@H]1O2)C[C@@H](C)C3=C. The van der Waals surface area contributed by atoms with Gasteiger partial charge in [0.1, 0.15) is 11.9 Å². The quantitative estimate of drug-likeness (QED) is 0.349. The summed E-state index contributed by atoms with van der Waals surface area (Å²) in [4.78, 5) is 14.2. The predicted molar refractivity (Wildman–Crippen MR) is 200 cm³/mol. The smallest absolute Gasteiger partial charge is 0.168 e. The third-order valence-electron chi connectivity index (χ3n) is 15.0. The molecule has 10 aliphatic heterocycles. The summed E-state index contributed by atoms with van der Waals surface area (Å²) in [5.41, 5.74) is 2.19. The normalized spacial score (nSPS) is 51.8. The van der Waals surface area contributed by atoms with Crippen LogP contribution < -0.4 is 5.32 Å². The zero-order chi connectivity index (χ0) is 38.2. The number of hydrogen-bond acceptors (Lipinski definition) is 12. The first-order chi connectivity index (χ1) is 26.5. The number of ketones is 1. The van der Waals surface area contributed by atoms with Crippen LogP contribution in [0.2, 0.25) is 0 Å². The van der Waals surface area contributed by atoms with Crippen molar-refractivity contribution < 1.29 is 52.9 Å². The minimum absolute atomic E-state index is 0.00801. The molecule has 12 nitrogen and oxygen atoms in total. The van der Waals surface area contributed by atoms with Gasteiger partial charge in [-0.3, -0.25) is 4.79 Å². The Morgan fingerprint density at radius 1 is 0.836 bits per heavy atom. The fourth-order valence-electron chi connectivity index (χ4n) is 12.2. The molecule has 0 aromatic rings. The Kier molecular flexibility index (Phi) is 11.2. The van der Waals surface area contributed by atoms with Crippen molar-refractivity contribution in [1.29, 1.82) is 0 Å². The highest BCUT2D eigenvalue weighted by molar-refractivity contribution is 5.79. The van der Waals surface area contributed by atoms with Gasteiger partial charge < -0.3 is 53.4 Å². The van der Waals surface area contributed by atoms with Gasteiger partial charge in [-0.1, -0.05) is 20.1 Å². The summed E-state index contributed by atoms with van der Waals surface area (Å²) in [7, 11) is 3.49. The van der Waals surface area contributed by atoms with Gasteiger partial charge in [-0.05, 0) is 75.5 Å². The van der Waals surface area contributed by atoms with Crippen LogP contribution in [0.5, 0.6) is 0 Å². The predicted octanol–water partition coefficient (Wildman–Crippen LogP) is 3.93. The van der Waals surface area contributed by atoms with E-state index in [0.29, 0.717) is 32.2 Å². The van der Waals surface area contributed by atoms with E-state index >= 15 is 0 Å². The maximum atomic E-state index is 14.2. The van der Waals surface area contributed by atoms with E-state index in [1.807, 2.05) is 7.05 Å². The second-order valence-corrected chi connectivity index (χ2v) is 18.7. The first-order valence-corrected chi connectivity index (χ1v) is 21.6. The number of fused-ring (bicyclic) bond motifs is 6. The molecule has 0 radical (unpaired) electrons. The summed E-state index contributed by atoms with van der Waals surface area (Å²) in [6.45, 7) is 11.6. The van der Waals surface area contributed by atoms with Crippen LogP contribution >= 0.6 is 0 Å². The Morgan fingerprint density at radius 2 is 1.60 bits per heavy atom. The molecule has 11 rings (SSSR count). The number of rotatable bonds is 5. The molecule has 0 aromatic heterocycles. The molecule has 11 fully saturated rings. The van der Waals surface area contributed by atoms with Gasteiger partial charge in [0, 0.05) is 69.9 Å². The summed E-state index contributed by atoms with van der Waals surface area (Å²) in [5, 5.41) is 26.0. The molecule has 10 saturated heterocycles. The lowest BCUT2D eigenvalue weighted by Crippen LogP contribution is -2.81. The fourth-order valence-corrected chi connectivity index (χ4v) is 12.2. The number of hydrogen-bond donors (Lipinski definition) is 3. The van der Waals surface area contributed by atoms with Crippen molar-refractivity contribution in [2.75, 3.05) is 20.7 Å². The molecule has 2 unspecified atom stereocenters. The average Bonchev–Trinajstić information content (AvgIpc) is 3.63. The summed E-state index contributed by atoms with van der Waals surface area (Å²) in [5.74, 6) is -0.882. The van der Waals surface area contributed by atoms with E-state index in [2.05, 4.69) is 25.4 Å². The molecule has 308 valence electrons. The van der Waals surface area contributed by atoms with Crippen LogP contribution in [-0.2, 0) is 42.7 Å². The molecule has 0 spiro atoms. The van der Waals surface area contributed by atoms with Crippen molar-refractivity contribution in [3.8, 4) is 0 Å². The molecule has 20 atom stereocenters. The number of carbonyl (C=O) groups excluding carboxylic acids is 1. The first kappa shape index (κ1) is 39.2. The number of aliphatic hydroxyl groups excluding tert-OH is 1. The largest absolute Gasteiger partial charge is 0.392 e. The molecule has 0 amide bonds. The van der Waals surface area contributed by atoms with E-state index in [1.54, 1.807) is 7.11 Å². The zero-order valence-corrected chi connectivity index (χ0v) is 33.1. The molecule has 12 heteroatoms. The monoisotopic (exact) mass is 771 g/mol. The van der Waals surface area contributed by atoms with Gasteiger partial charge in [0.15, 0.2) is 5.79 Å². The Morgan fingerprint density at radius 3 is 2.40 bits per heavy atom. The molecule has 1 saturated carbocycles. The van der Waals surface area contributed by atoms with E-state index in [4.69, 9.17) is 37.9 Å². The molecule has 13 bridgehead atoms. The summed E-state index contributed by atoms with van der Waals surface area (Å²) in [6, 6.07) is 0. The van der Waals surface area contributed by atoms with Crippen LogP contribution in [0.15, 0.2) is 24.3 Å². The Labute approximate surface area is 326 Å². The van der Waals surface area contributed by atoms with Gasteiger partial charge >= 0.3 is 0 Å². The van der Waals surface area contributed by atoms with Crippen LogP contribution in [0.4, 0.5) is 0 Å². The number of likely N-dealkylation sites (N-methyl/N-ethyl adjacent to an activating group) is 1. The summed E-state index contributed by atoms with van der Waals surface area (Å²) < 4.78 is 53.0. The number of carbonyl (C=O) groups is 1.